The van der Waals surface area contributed by atoms with Crippen LogP contribution in [-0.2, 0) is 32.0 Å². The number of rotatable bonds is 18. The van der Waals surface area contributed by atoms with Gasteiger partial charge in [-0.1, -0.05) is 30.3 Å². The van der Waals surface area contributed by atoms with Crippen LogP contribution in [0.5, 0.6) is 5.75 Å². The maximum Gasteiger partial charge on any atom is 0.326 e. The molecule has 0 saturated heterocycles. The number of para-hydroxylation sites is 1. The summed E-state index contributed by atoms with van der Waals surface area (Å²) in [6.07, 6.45) is 4.38. The number of fused-ring (bicyclic) bond motifs is 1. The van der Waals surface area contributed by atoms with E-state index in [-0.39, 0.29) is 43.9 Å². The van der Waals surface area contributed by atoms with E-state index in [1.807, 2.05) is 30.5 Å². The zero-order chi connectivity index (χ0) is 33.6. The van der Waals surface area contributed by atoms with Gasteiger partial charge in [-0.2, -0.15) is 11.8 Å². The summed E-state index contributed by atoms with van der Waals surface area (Å²) in [5, 5.41) is 28.0. The molecule has 0 aliphatic heterocycles. The summed E-state index contributed by atoms with van der Waals surface area (Å²) >= 11 is 1.44. The maximum absolute atomic E-state index is 13.8. The minimum Gasteiger partial charge on any atom is -0.508 e. The van der Waals surface area contributed by atoms with Crippen LogP contribution in [0.3, 0.4) is 0 Å². The highest BCUT2D eigenvalue weighted by molar-refractivity contribution is 7.98. The van der Waals surface area contributed by atoms with Crippen LogP contribution in [-0.4, -0.2) is 87.6 Å². The highest BCUT2D eigenvalue weighted by Gasteiger charge is 2.31. The number of amides is 3. The predicted octanol–water partition coefficient (Wildman–Crippen LogP) is 0.332. The van der Waals surface area contributed by atoms with Gasteiger partial charge in [0.2, 0.25) is 17.7 Å². The molecule has 1 aromatic heterocycles. The molecule has 0 aliphatic rings. The van der Waals surface area contributed by atoms with E-state index in [1.165, 1.54) is 23.9 Å². The Labute approximate surface area is 271 Å². The monoisotopic (exact) mass is 654 g/mol. The van der Waals surface area contributed by atoms with E-state index in [0.29, 0.717) is 17.7 Å². The van der Waals surface area contributed by atoms with E-state index >= 15 is 0 Å². The largest absolute Gasteiger partial charge is 0.508 e. The Hall–Kier alpha value is -4.76. The number of nitrogens with one attached hydrogen (secondary N) is 4. The van der Waals surface area contributed by atoms with Crippen molar-refractivity contribution in [3.8, 4) is 5.75 Å². The summed E-state index contributed by atoms with van der Waals surface area (Å²) in [6.45, 7) is 0.179. The van der Waals surface area contributed by atoms with Crippen LogP contribution in [0.15, 0.2) is 59.7 Å². The second-order valence-corrected chi connectivity index (χ2v) is 11.8. The van der Waals surface area contributed by atoms with Gasteiger partial charge in [-0.3, -0.25) is 19.4 Å². The number of hydrogen-bond donors (Lipinski definition) is 9. The van der Waals surface area contributed by atoms with Gasteiger partial charge in [0, 0.05) is 30.1 Å². The molecule has 2 aromatic carbocycles. The molecule has 0 saturated carbocycles. The van der Waals surface area contributed by atoms with Gasteiger partial charge in [0.15, 0.2) is 5.96 Å². The number of carboxylic acid groups (broad SMARTS) is 1. The van der Waals surface area contributed by atoms with Crippen molar-refractivity contribution < 1.29 is 29.4 Å². The Morgan fingerprint density at radius 1 is 0.891 bits per heavy atom. The first-order valence-corrected chi connectivity index (χ1v) is 16.1. The SMILES string of the molecule is CSCCC(NC(=O)C(CCCN=C(N)N)NC(=O)C(Cc1c[nH]c2ccccc12)NC(=O)C(N)Cc1ccc(O)cc1)C(=O)O. The number of aromatic amines is 1. The number of aromatic nitrogens is 1. The fourth-order valence-electron chi connectivity index (χ4n) is 4.80. The van der Waals surface area contributed by atoms with Crippen molar-refractivity contribution in [3.63, 3.8) is 0 Å². The molecule has 0 aliphatic carbocycles. The number of aliphatic imine (C=N–C) groups is 1. The lowest BCUT2D eigenvalue weighted by Gasteiger charge is -2.25. The van der Waals surface area contributed by atoms with Crippen molar-refractivity contribution in [3.05, 3.63) is 65.9 Å². The quantitative estimate of drug-likeness (QED) is 0.0516. The van der Waals surface area contributed by atoms with Crippen molar-refractivity contribution in [2.75, 3.05) is 18.6 Å². The van der Waals surface area contributed by atoms with Crippen LogP contribution in [0.1, 0.15) is 30.4 Å². The predicted molar refractivity (Wildman–Crippen MR) is 178 cm³/mol. The van der Waals surface area contributed by atoms with E-state index in [0.717, 1.165) is 16.5 Å². The number of phenols is 1. The zero-order valence-electron chi connectivity index (χ0n) is 25.6. The van der Waals surface area contributed by atoms with Crippen LogP contribution < -0.4 is 33.2 Å². The number of guanidine groups is 1. The number of H-pyrrole nitrogens is 1. The number of aliphatic carboxylic acids is 1. The second-order valence-electron chi connectivity index (χ2n) is 10.8. The van der Waals surface area contributed by atoms with Gasteiger partial charge >= 0.3 is 5.97 Å². The summed E-state index contributed by atoms with van der Waals surface area (Å²) in [5.74, 6) is -2.68. The number of benzene rings is 2. The molecule has 3 amide bonds. The topological polar surface area (TPSA) is 251 Å². The van der Waals surface area contributed by atoms with Gasteiger partial charge < -0.3 is 48.3 Å². The first-order chi connectivity index (χ1) is 22.0. The number of hydrogen-bond acceptors (Lipinski definition) is 8. The third-order valence-electron chi connectivity index (χ3n) is 7.26. The third-order valence-corrected chi connectivity index (χ3v) is 7.91. The Balaban J connectivity index is 1.84. The van der Waals surface area contributed by atoms with E-state index in [1.54, 1.807) is 18.3 Å². The number of nitrogens with two attached hydrogens (primary N) is 3. The van der Waals surface area contributed by atoms with Crippen LogP contribution in [0.4, 0.5) is 0 Å². The van der Waals surface area contributed by atoms with Crippen molar-refractivity contribution in [1.29, 1.82) is 0 Å². The highest BCUT2D eigenvalue weighted by atomic mass is 32.2. The van der Waals surface area contributed by atoms with Gasteiger partial charge in [-0.05, 0) is 67.0 Å². The number of nitrogens with zero attached hydrogens (tertiary/aromatic N) is 1. The summed E-state index contributed by atoms with van der Waals surface area (Å²) in [7, 11) is 0. The van der Waals surface area contributed by atoms with Gasteiger partial charge in [0.05, 0.1) is 6.04 Å². The molecule has 4 atom stereocenters. The number of thioether (sulfide) groups is 1. The molecule has 1 heterocycles. The second kappa shape index (κ2) is 17.7. The van der Waals surface area contributed by atoms with E-state index in [9.17, 15) is 29.4 Å². The Bertz CT molecular complexity index is 1510. The van der Waals surface area contributed by atoms with E-state index in [2.05, 4.69) is 25.9 Å². The van der Waals surface area contributed by atoms with Gasteiger partial charge in [0.25, 0.3) is 0 Å². The molecule has 248 valence electrons. The van der Waals surface area contributed by atoms with Crippen molar-refractivity contribution in [2.24, 2.45) is 22.2 Å². The van der Waals surface area contributed by atoms with Gasteiger partial charge in [-0.15, -0.1) is 0 Å². The summed E-state index contributed by atoms with van der Waals surface area (Å²) in [4.78, 5) is 59.3. The lowest BCUT2D eigenvalue weighted by atomic mass is 10.0. The Kier molecular flexibility index (Phi) is 13.7. The summed E-state index contributed by atoms with van der Waals surface area (Å²) in [5.41, 5.74) is 19.3. The first kappa shape index (κ1) is 35.7. The van der Waals surface area contributed by atoms with Crippen molar-refractivity contribution in [2.45, 2.75) is 56.3 Å². The molecule has 3 aromatic rings. The lowest BCUT2D eigenvalue weighted by Crippen LogP contribution is -2.57. The number of carbonyl (C=O) groups is 4. The fraction of sp³-hybridized carbons (Fsp3) is 0.387. The van der Waals surface area contributed by atoms with Crippen LogP contribution in [0.25, 0.3) is 10.9 Å². The molecule has 14 nitrogen and oxygen atoms in total. The van der Waals surface area contributed by atoms with E-state index in [4.69, 9.17) is 17.2 Å². The number of carbonyl (C=O) groups excluding carboxylic acids is 3. The molecule has 12 N–H and O–H groups in total. The standard InChI is InChI=1S/C31H42N8O6S/c1-46-14-12-25(30(44)45)38-28(42)24(7-4-13-35-31(33)34)37-29(43)26(16-19-17-36-23-6-3-2-5-21(19)23)39-27(41)22(32)15-18-8-10-20(40)11-9-18/h2-3,5-6,8-11,17,22,24-26,36,40H,4,7,12-16,32H2,1H3,(H,37,43)(H,38,42)(H,39,41)(H,44,45)(H4,33,34,35). The summed E-state index contributed by atoms with van der Waals surface area (Å²) < 4.78 is 0. The Morgan fingerprint density at radius 3 is 2.22 bits per heavy atom. The van der Waals surface area contributed by atoms with Gasteiger partial charge in [-0.25, -0.2) is 4.79 Å². The average molecular weight is 655 g/mol. The van der Waals surface area contributed by atoms with Crippen LogP contribution in [0, 0.1) is 0 Å². The fourth-order valence-corrected chi connectivity index (χ4v) is 5.27. The maximum atomic E-state index is 13.8. The zero-order valence-corrected chi connectivity index (χ0v) is 26.4. The molecule has 0 fully saturated rings. The number of phenolic OH excluding ortho intramolecular Hbond substituents is 1. The van der Waals surface area contributed by atoms with Crippen LogP contribution in [0.2, 0.25) is 0 Å². The van der Waals surface area contributed by atoms with Crippen LogP contribution >= 0.6 is 11.8 Å². The molecular weight excluding hydrogens is 612 g/mol. The van der Waals surface area contributed by atoms with Crippen molar-refractivity contribution >= 4 is 52.3 Å². The minimum atomic E-state index is -1.19. The Morgan fingerprint density at radius 2 is 1.54 bits per heavy atom. The van der Waals surface area contributed by atoms with Gasteiger partial charge in [0.1, 0.15) is 23.9 Å². The molecule has 0 bridgehead atoms. The molecule has 3 rings (SSSR count). The molecule has 0 radical (unpaired) electrons. The highest BCUT2D eigenvalue weighted by Crippen LogP contribution is 2.20. The molecule has 15 heteroatoms. The minimum absolute atomic E-state index is 0.0708. The number of aromatic hydroxyl groups is 1. The average Bonchev–Trinajstić information content (AvgIpc) is 3.43. The molecule has 4 unspecified atom stereocenters. The lowest BCUT2D eigenvalue weighted by molar-refractivity contribution is -0.142. The first-order valence-electron chi connectivity index (χ1n) is 14.7. The molecule has 0 spiro atoms. The molecular formula is C31H42N8O6S. The molecule has 46 heavy (non-hydrogen) atoms. The van der Waals surface area contributed by atoms with Crippen molar-refractivity contribution in [1.82, 2.24) is 20.9 Å². The third kappa shape index (κ3) is 11.0. The summed E-state index contributed by atoms with van der Waals surface area (Å²) in [6, 6.07) is 9.29. The normalized spacial score (nSPS) is 13.6. The van der Waals surface area contributed by atoms with E-state index < -0.39 is 47.9 Å². The smallest absolute Gasteiger partial charge is 0.326 e. The number of carboxylic acids is 1.